The first-order valence-corrected chi connectivity index (χ1v) is 10.1. The molecule has 0 aromatic heterocycles. The van der Waals surface area contributed by atoms with E-state index in [4.69, 9.17) is 9.47 Å². The van der Waals surface area contributed by atoms with Crippen molar-refractivity contribution >= 4 is 17.7 Å². The first-order valence-electron chi connectivity index (χ1n) is 10.1. The third kappa shape index (κ3) is 8.07. The molecule has 0 bridgehead atoms. The van der Waals surface area contributed by atoms with Crippen molar-refractivity contribution in [1.29, 1.82) is 0 Å². The van der Waals surface area contributed by atoms with Crippen LogP contribution in [0.3, 0.4) is 0 Å². The molecule has 0 spiro atoms. The van der Waals surface area contributed by atoms with Crippen LogP contribution < -0.4 is 4.74 Å². The SMILES string of the molecule is COC(=O)CCC(=O)c1ccc(-c2ccc(OCCCCCOC(C)=O)cc2)cc1. The van der Waals surface area contributed by atoms with Crippen molar-refractivity contribution in [1.82, 2.24) is 0 Å². The van der Waals surface area contributed by atoms with Crippen molar-refractivity contribution in [2.24, 2.45) is 0 Å². The number of ether oxygens (including phenoxy) is 3. The number of unbranched alkanes of at least 4 members (excludes halogenated alkanes) is 2. The summed E-state index contributed by atoms with van der Waals surface area (Å²) in [5.74, 6) is 0.0901. The Morgan fingerprint density at radius 2 is 1.37 bits per heavy atom. The minimum atomic E-state index is -0.385. The highest BCUT2D eigenvalue weighted by Gasteiger charge is 2.09. The number of methoxy groups -OCH3 is 1. The maximum Gasteiger partial charge on any atom is 0.305 e. The Labute approximate surface area is 177 Å². The summed E-state index contributed by atoms with van der Waals surface area (Å²) in [5, 5.41) is 0. The van der Waals surface area contributed by atoms with Crippen LogP contribution >= 0.6 is 0 Å². The number of esters is 2. The van der Waals surface area contributed by atoms with Gasteiger partial charge in [0.15, 0.2) is 5.78 Å². The molecule has 160 valence electrons. The fourth-order valence-corrected chi connectivity index (χ4v) is 2.84. The lowest BCUT2D eigenvalue weighted by Gasteiger charge is -2.08. The summed E-state index contributed by atoms with van der Waals surface area (Å²) in [6.07, 6.45) is 2.90. The van der Waals surface area contributed by atoms with Crippen LogP contribution in [0.4, 0.5) is 0 Å². The zero-order valence-electron chi connectivity index (χ0n) is 17.5. The Bertz CT molecular complexity index is 824. The highest BCUT2D eigenvalue weighted by Crippen LogP contribution is 2.23. The molecular weight excluding hydrogens is 384 g/mol. The molecule has 0 saturated carbocycles. The van der Waals surface area contributed by atoms with E-state index in [1.807, 2.05) is 36.4 Å². The van der Waals surface area contributed by atoms with Gasteiger partial charge in [-0.2, -0.15) is 0 Å². The van der Waals surface area contributed by atoms with Gasteiger partial charge in [0.2, 0.25) is 0 Å². The van der Waals surface area contributed by atoms with Gasteiger partial charge in [0.05, 0.1) is 26.7 Å². The van der Waals surface area contributed by atoms with Gasteiger partial charge in [-0.25, -0.2) is 0 Å². The second kappa shape index (κ2) is 12.4. The number of Topliss-reactive ketones (excluding diaryl/α,β-unsaturated/α-hetero) is 1. The van der Waals surface area contributed by atoms with E-state index in [1.54, 1.807) is 12.1 Å². The maximum absolute atomic E-state index is 12.1. The second-order valence-corrected chi connectivity index (χ2v) is 6.85. The minimum absolute atomic E-state index is 0.0800. The number of rotatable bonds is 12. The van der Waals surface area contributed by atoms with Crippen LogP contribution in [-0.4, -0.2) is 38.0 Å². The van der Waals surface area contributed by atoms with E-state index in [2.05, 4.69) is 4.74 Å². The fourth-order valence-electron chi connectivity index (χ4n) is 2.84. The normalized spacial score (nSPS) is 10.3. The second-order valence-electron chi connectivity index (χ2n) is 6.85. The summed E-state index contributed by atoms with van der Waals surface area (Å²) < 4.78 is 15.2. The molecule has 0 amide bonds. The first-order chi connectivity index (χ1) is 14.5. The molecule has 0 saturated heterocycles. The molecule has 0 fully saturated rings. The maximum atomic E-state index is 12.1. The Morgan fingerprint density at radius 1 is 0.767 bits per heavy atom. The monoisotopic (exact) mass is 412 g/mol. The van der Waals surface area contributed by atoms with Crippen LogP contribution in [0.5, 0.6) is 5.75 Å². The van der Waals surface area contributed by atoms with Crippen LogP contribution in [0.15, 0.2) is 48.5 Å². The quantitative estimate of drug-likeness (QED) is 0.288. The van der Waals surface area contributed by atoms with E-state index in [-0.39, 0.29) is 30.6 Å². The van der Waals surface area contributed by atoms with Gasteiger partial charge in [-0.1, -0.05) is 36.4 Å². The zero-order valence-corrected chi connectivity index (χ0v) is 17.5. The minimum Gasteiger partial charge on any atom is -0.494 e. The van der Waals surface area contributed by atoms with E-state index in [0.717, 1.165) is 36.1 Å². The van der Waals surface area contributed by atoms with Crippen LogP contribution in [0.1, 0.15) is 49.4 Å². The van der Waals surface area contributed by atoms with Gasteiger partial charge in [-0.05, 0) is 42.5 Å². The Kier molecular flexibility index (Phi) is 9.58. The third-order valence-electron chi connectivity index (χ3n) is 4.54. The number of benzene rings is 2. The molecule has 0 N–H and O–H groups in total. The van der Waals surface area contributed by atoms with Gasteiger partial charge in [-0.15, -0.1) is 0 Å². The van der Waals surface area contributed by atoms with E-state index < -0.39 is 0 Å². The highest BCUT2D eigenvalue weighted by molar-refractivity contribution is 5.97. The lowest BCUT2D eigenvalue weighted by molar-refractivity contribution is -0.141. The molecule has 2 rings (SSSR count). The Balaban J connectivity index is 1.78. The van der Waals surface area contributed by atoms with Crippen LogP contribution in [-0.2, 0) is 19.1 Å². The van der Waals surface area contributed by atoms with E-state index in [9.17, 15) is 14.4 Å². The van der Waals surface area contributed by atoms with Crippen molar-refractivity contribution in [3.8, 4) is 16.9 Å². The number of hydrogen-bond acceptors (Lipinski definition) is 6. The van der Waals surface area contributed by atoms with Crippen LogP contribution in [0.25, 0.3) is 11.1 Å². The number of carbonyl (C=O) groups is 3. The molecule has 6 nitrogen and oxygen atoms in total. The molecule has 2 aromatic rings. The van der Waals surface area contributed by atoms with Crippen molar-refractivity contribution in [2.75, 3.05) is 20.3 Å². The number of ketones is 1. The van der Waals surface area contributed by atoms with E-state index >= 15 is 0 Å². The van der Waals surface area contributed by atoms with E-state index in [0.29, 0.717) is 18.8 Å². The number of hydrogen-bond donors (Lipinski definition) is 0. The molecule has 0 aliphatic carbocycles. The lowest BCUT2D eigenvalue weighted by Crippen LogP contribution is -2.05. The lowest BCUT2D eigenvalue weighted by atomic mass is 10.0. The molecule has 6 heteroatoms. The summed E-state index contributed by atoms with van der Waals surface area (Å²) in [6, 6.07) is 15.1. The molecule has 2 aromatic carbocycles. The average molecular weight is 412 g/mol. The largest absolute Gasteiger partial charge is 0.494 e. The first kappa shape index (κ1) is 23.1. The predicted octanol–water partition coefficient (Wildman–Crippen LogP) is 4.60. The molecule has 0 radical (unpaired) electrons. The summed E-state index contributed by atoms with van der Waals surface area (Å²) >= 11 is 0. The summed E-state index contributed by atoms with van der Waals surface area (Å²) in [7, 11) is 1.31. The van der Waals surface area contributed by atoms with Crippen LogP contribution in [0.2, 0.25) is 0 Å². The van der Waals surface area contributed by atoms with Crippen LogP contribution in [0, 0.1) is 0 Å². The van der Waals surface area contributed by atoms with Crippen molar-refractivity contribution in [3.05, 3.63) is 54.1 Å². The molecule has 0 unspecified atom stereocenters. The molecule has 30 heavy (non-hydrogen) atoms. The van der Waals surface area contributed by atoms with E-state index in [1.165, 1.54) is 14.0 Å². The third-order valence-corrected chi connectivity index (χ3v) is 4.54. The zero-order chi connectivity index (χ0) is 21.8. The van der Waals surface area contributed by atoms with Gasteiger partial charge < -0.3 is 14.2 Å². The van der Waals surface area contributed by atoms with Gasteiger partial charge in [0.25, 0.3) is 0 Å². The van der Waals surface area contributed by atoms with Crippen molar-refractivity contribution in [3.63, 3.8) is 0 Å². The highest BCUT2D eigenvalue weighted by atomic mass is 16.5. The molecule has 0 atom stereocenters. The van der Waals surface area contributed by atoms with Crippen molar-refractivity contribution in [2.45, 2.75) is 39.0 Å². The Morgan fingerprint density at radius 3 is 1.97 bits per heavy atom. The summed E-state index contributed by atoms with van der Waals surface area (Å²) in [6.45, 7) is 2.48. The topological polar surface area (TPSA) is 78.9 Å². The molecular formula is C24H28O6. The van der Waals surface area contributed by atoms with Gasteiger partial charge in [0.1, 0.15) is 5.75 Å². The molecule has 0 aliphatic heterocycles. The van der Waals surface area contributed by atoms with Crippen molar-refractivity contribution < 1.29 is 28.6 Å². The standard InChI is InChI=1S/C24H28O6/c1-18(25)29-16-4-3-5-17-30-22-12-10-20(11-13-22)19-6-8-21(9-7-19)23(26)14-15-24(27)28-2/h6-13H,3-5,14-17H2,1-2H3. The smallest absolute Gasteiger partial charge is 0.305 e. The van der Waals surface area contributed by atoms with Gasteiger partial charge >= 0.3 is 11.9 Å². The average Bonchev–Trinajstić information content (AvgIpc) is 2.77. The summed E-state index contributed by atoms with van der Waals surface area (Å²) in [5.41, 5.74) is 2.60. The molecule has 0 aliphatic rings. The predicted molar refractivity (Wildman–Crippen MR) is 113 cm³/mol. The number of carbonyl (C=O) groups excluding carboxylic acids is 3. The Hall–Kier alpha value is -3.15. The fraction of sp³-hybridized carbons (Fsp3) is 0.375. The van der Waals surface area contributed by atoms with Gasteiger partial charge in [0, 0.05) is 18.9 Å². The summed E-state index contributed by atoms with van der Waals surface area (Å²) in [4.78, 5) is 34.0. The van der Waals surface area contributed by atoms with Gasteiger partial charge in [-0.3, -0.25) is 14.4 Å². The molecule has 0 heterocycles.